The summed E-state index contributed by atoms with van der Waals surface area (Å²) in [7, 11) is 3.09. The van der Waals surface area contributed by atoms with E-state index in [1.165, 1.54) is 0 Å². The quantitative estimate of drug-likeness (QED) is 0.890. The largest absolute Gasteiger partial charge is 0.497 e. The third-order valence-corrected chi connectivity index (χ3v) is 2.70. The zero-order valence-electron chi connectivity index (χ0n) is 10.1. The Bertz CT molecular complexity index is 683. The van der Waals surface area contributed by atoms with Gasteiger partial charge < -0.3 is 14.5 Å². The Morgan fingerprint density at radius 1 is 1.28 bits per heavy atom. The predicted octanol–water partition coefficient (Wildman–Crippen LogP) is 1.61. The number of hydrogen-bond donors (Lipinski definition) is 1. The van der Waals surface area contributed by atoms with Crippen molar-refractivity contribution in [3.63, 3.8) is 0 Å². The van der Waals surface area contributed by atoms with Gasteiger partial charge in [0.2, 0.25) is 0 Å². The van der Waals surface area contributed by atoms with Crippen molar-refractivity contribution < 1.29 is 9.47 Å². The molecule has 1 aromatic carbocycles. The first-order valence-corrected chi connectivity index (χ1v) is 5.34. The first-order valence-electron chi connectivity index (χ1n) is 5.34. The average Bonchev–Trinajstić information content (AvgIpc) is 2.38. The van der Waals surface area contributed by atoms with E-state index >= 15 is 0 Å². The van der Waals surface area contributed by atoms with Crippen LogP contribution in [-0.2, 0) is 6.42 Å². The van der Waals surface area contributed by atoms with Crippen LogP contribution in [0, 0.1) is 11.3 Å². The zero-order valence-corrected chi connectivity index (χ0v) is 10.1. The van der Waals surface area contributed by atoms with Gasteiger partial charge in [-0.15, -0.1) is 0 Å². The Labute approximate surface area is 104 Å². The number of aromatic nitrogens is 1. The normalized spacial score (nSPS) is 10.1. The Kier molecular flexibility index (Phi) is 3.20. The second kappa shape index (κ2) is 4.80. The summed E-state index contributed by atoms with van der Waals surface area (Å²) in [5.74, 6) is 1.20. The Morgan fingerprint density at radius 2 is 2.06 bits per heavy atom. The van der Waals surface area contributed by atoms with E-state index in [2.05, 4.69) is 4.98 Å². The highest BCUT2D eigenvalue weighted by Crippen LogP contribution is 2.29. The van der Waals surface area contributed by atoms with E-state index < -0.39 is 0 Å². The molecule has 0 saturated heterocycles. The van der Waals surface area contributed by atoms with Crippen LogP contribution in [0.2, 0.25) is 0 Å². The smallest absolute Gasteiger partial charge is 0.252 e. The standard InChI is InChI=1S/C13H12N2O3/c1-17-9-6-11-10(12(7-9)18-2)5-8(3-4-14)13(16)15-11/h5-7H,3H2,1-2H3,(H,15,16). The topological polar surface area (TPSA) is 75.1 Å². The lowest BCUT2D eigenvalue weighted by molar-refractivity contribution is 0.398. The molecular formula is C13H12N2O3. The Balaban J connectivity index is 2.76. The van der Waals surface area contributed by atoms with Crippen molar-refractivity contribution in [1.29, 1.82) is 5.26 Å². The number of methoxy groups -OCH3 is 2. The van der Waals surface area contributed by atoms with Crippen molar-refractivity contribution >= 4 is 10.9 Å². The molecule has 0 spiro atoms. The highest BCUT2D eigenvalue weighted by atomic mass is 16.5. The van der Waals surface area contributed by atoms with Gasteiger partial charge in [0.05, 0.1) is 32.2 Å². The maximum Gasteiger partial charge on any atom is 0.252 e. The fraction of sp³-hybridized carbons (Fsp3) is 0.231. The summed E-state index contributed by atoms with van der Waals surface area (Å²) in [5, 5.41) is 9.42. The number of nitrogens with one attached hydrogen (secondary N) is 1. The van der Waals surface area contributed by atoms with Crippen LogP contribution < -0.4 is 15.0 Å². The molecule has 5 heteroatoms. The number of hydrogen-bond acceptors (Lipinski definition) is 4. The van der Waals surface area contributed by atoms with Gasteiger partial charge in [-0.25, -0.2) is 0 Å². The maximum absolute atomic E-state index is 11.7. The van der Waals surface area contributed by atoms with Crippen LogP contribution in [0.4, 0.5) is 0 Å². The monoisotopic (exact) mass is 244 g/mol. The number of nitrogens with zero attached hydrogens (tertiary/aromatic N) is 1. The molecule has 1 N–H and O–H groups in total. The number of rotatable bonds is 3. The van der Waals surface area contributed by atoms with Gasteiger partial charge in [0, 0.05) is 23.1 Å². The first kappa shape index (κ1) is 12.0. The van der Waals surface area contributed by atoms with E-state index in [9.17, 15) is 4.79 Å². The number of H-pyrrole nitrogens is 1. The van der Waals surface area contributed by atoms with E-state index in [4.69, 9.17) is 14.7 Å². The van der Waals surface area contributed by atoms with Gasteiger partial charge in [0.15, 0.2) is 0 Å². The van der Waals surface area contributed by atoms with Crippen LogP contribution >= 0.6 is 0 Å². The molecule has 0 fully saturated rings. The molecule has 0 bridgehead atoms. The van der Waals surface area contributed by atoms with Gasteiger partial charge in [-0.3, -0.25) is 4.79 Å². The Morgan fingerprint density at radius 3 is 2.67 bits per heavy atom. The van der Waals surface area contributed by atoms with Crippen molar-refractivity contribution in [3.05, 3.63) is 34.1 Å². The lowest BCUT2D eigenvalue weighted by atomic mass is 10.1. The van der Waals surface area contributed by atoms with Crippen LogP contribution in [0.1, 0.15) is 5.56 Å². The molecule has 0 amide bonds. The Hall–Kier alpha value is -2.48. The minimum absolute atomic E-state index is 0.0699. The lowest BCUT2D eigenvalue weighted by Gasteiger charge is -2.09. The second-order valence-corrected chi connectivity index (χ2v) is 3.75. The van der Waals surface area contributed by atoms with Gasteiger partial charge >= 0.3 is 0 Å². The third-order valence-electron chi connectivity index (χ3n) is 2.70. The summed E-state index contributed by atoms with van der Waals surface area (Å²) in [4.78, 5) is 14.5. The summed E-state index contributed by atoms with van der Waals surface area (Å²) in [6, 6.07) is 7.09. The molecule has 0 radical (unpaired) electrons. The van der Waals surface area contributed by atoms with E-state index in [0.717, 1.165) is 5.39 Å². The van der Waals surface area contributed by atoms with Crippen molar-refractivity contribution in [2.45, 2.75) is 6.42 Å². The fourth-order valence-electron chi connectivity index (χ4n) is 1.80. The first-order chi connectivity index (χ1) is 8.69. The van der Waals surface area contributed by atoms with Gasteiger partial charge in [-0.2, -0.15) is 5.26 Å². The SMILES string of the molecule is COc1cc(OC)c2cc(CC#N)c(=O)[nH]c2c1. The zero-order chi connectivity index (χ0) is 13.1. The molecule has 92 valence electrons. The number of fused-ring (bicyclic) bond motifs is 1. The summed E-state index contributed by atoms with van der Waals surface area (Å²) >= 11 is 0. The molecule has 0 aliphatic carbocycles. The van der Waals surface area contributed by atoms with Crippen LogP contribution in [0.5, 0.6) is 11.5 Å². The molecule has 1 heterocycles. The fourth-order valence-corrected chi connectivity index (χ4v) is 1.80. The molecule has 0 atom stereocenters. The molecule has 5 nitrogen and oxygen atoms in total. The summed E-state index contributed by atoms with van der Waals surface area (Å²) in [6.45, 7) is 0. The number of benzene rings is 1. The molecular weight excluding hydrogens is 232 g/mol. The molecule has 0 aliphatic heterocycles. The van der Waals surface area contributed by atoms with Gasteiger partial charge in [-0.1, -0.05) is 0 Å². The minimum atomic E-state index is -0.264. The number of aromatic amines is 1. The van der Waals surface area contributed by atoms with Gasteiger partial charge in [-0.05, 0) is 6.07 Å². The van der Waals surface area contributed by atoms with Crippen molar-refractivity contribution in [3.8, 4) is 17.6 Å². The van der Waals surface area contributed by atoms with E-state index in [0.29, 0.717) is 22.6 Å². The minimum Gasteiger partial charge on any atom is -0.497 e. The summed E-state index contributed by atoms with van der Waals surface area (Å²) < 4.78 is 10.4. The van der Waals surface area contributed by atoms with E-state index in [1.807, 2.05) is 6.07 Å². The van der Waals surface area contributed by atoms with Crippen molar-refractivity contribution in [2.24, 2.45) is 0 Å². The molecule has 0 saturated carbocycles. The number of nitriles is 1. The lowest BCUT2D eigenvalue weighted by Crippen LogP contribution is -2.12. The number of pyridine rings is 1. The van der Waals surface area contributed by atoms with Gasteiger partial charge in [0.25, 0.3) is 5.56 Å². The molecule has 1 aromatic heterocycles. The number of ether oxygens (including phenoxy) is 2. The van der Waals surface area contributed by atoms with Crippen molar-refractivity contribution in [1.82, 2.24) is 4.98 Å². The molecule has 2 rings (SSSR count). The average molecular weight is 244 g/mol. The summed E-state index contributed by atoms with van der Waals surface area (Å²) in [5.41, 5.74) is 0.783. The molecule has 2 aromatic rings. The second-order valence-electron chi connectivity index (χ2n) is 3.75. The van der Waals surface area contributed by atoms with Gasteiger partial charge in [0.1, 0.15) is 11.5 Å². The van der Waals surface area contributed by atoms with Crippen molar-refractivity contribution in [2.75, 3.05) is 14.2 Å². The van der Waals surface area contributed by atoms with E-state index in [1.54, 1.807) is 32.4 Å². The molecule has 18 heavy (non-hydrogen) atoms. The van der Waals surface area contributed by atoms with Crippen LogP contribution in [0.3, 0.4) is 0 Å². The highest BCUT2D eigenvalue weighted by molar-refractivity contribution is 5.87. The van der Waals surface area contributed by atoms with Crippen LogP contribution in [0.25, 0.3) is 10.9 Å². The predicted molar refractivity (Wildman–Crippen MR) is 67.0 cm³/mol. The van der Waals surface area contributed by atoms with Crippen LogP contribution in [0.15, 0.2) is 23.0 Å². The maximum atomic E-state index is 11.7. The molecule has 0 unspecified atom stereocenters. The third kappa shape index (κ3) is 2.00. The highest BCUT2D eigenvalue weighted by Gasteiger charge is 2.09. The van der Waals surface area contributed by atoms with E-state index in [-0.39, 0.29) is 12.0 Å². The summed E-state index contributed by atoms with van der Waals surface area (Å²) in [6.07, 6.45) is 0.0699. The molecule has 0 aliphatic rings. The van der Waals surface area contributed by atoms with Crippen LogP contribution in [-0.4, -0.2) is 19.2 Å².